The molecule has 0 spiro atoms. The molecule has 0 bridgehead atoms. The van der Waals surface area contributed by atoms with Crippen LogP contribution in [0, 0.1) is 23.0 Å². The van der Waals surface area contributed by atoms with Crippen molar-refractivity contribution < 1.29 is 41.1 Å². The Labute approximate surface area is 305 Å². The average Bonchev–Trinajstić information content (AvgIpc) is 4.01. The van der Waals surface area contributed by atoms with Gasteiger partial charge in [0.05, 0.1) is 24.6 Å². The second-order valence-corrected chi connectivity index (χ2v) is 16.9. The van der Waals surface area contributed by atoms with Gasteiger partial charge in [-0.1, -0.05) is 38.4 Å². The number of benzene rings is 2. The SMILES string of the molecule is C=C[C@@H]1C[C@@]1(C(=O)NS(=O)(=O)C1CC1)N1C[C@H](Oc2ncc(OC)c3ccc(Cl)cc23)C[C@H]1C(=O)NC(=O)[C@@H](Nc1ccc(F)c(F)c1)C(C)(C)C. The molecule has 3 N–H and O–H groups in total. The number of nitrogens with zero attached hydrogens (tertiary/aromatic N) is 2. The molecule has 2 heterocycles. The Morgan fingerprint density at radius 1 is 1.12 bits per heavy atom. The quantitative estimate of drug-likeness (QED) is 0.221. The predicted molar refractivity (Wildman–Crippen MR) is 190 cm³/mol. The van der Waals surface area contributed by atoms with Gasteiger partial charge in [-0.05, 0) is 55.0 Å². The summed E-state index contributed by atoms with van der Waals surface area (Å²) in [4.78, 5) is 47.9. The second kappa shape index (κ2) is 13.9. The smallest absolute Gasteiger partial charge is 0.254 e. The van der Waals surface area contributed by atoms with E-state index in [2.05, 4.69) is 26.9 Å². The van der Waals surface area contributed by atoms with Crippen LogP contribution in [-0.2, 0) is 24.4 Å². The van der Waals surface area contributed by atoms with Gasteiger partial charge < -0.3 is 14.8 Å². The van der Waals surface area contributed by atoms with Gasteiger partial charge in [0.15, 0.2) is 11.6 Å². The fraction of sp³-hybridized carbons (Fsp3) is 0.444. The van der Waals surface area contributed by atoms with Crippen LogP contribution in [0.4, 0.5) is 14.5 Å². The van der Waals surface area contributed by atoms with Gasteiger partial charge >= 0.3 is 0 Å². The number of ether oxygens (including phenoxy) is 2. The Hall–Kier alpha value is -4.34. The number of carbonyl (C=O) groups is 3. The molecule has 3 aromatic rings. The van der Waals surface area contributed by atoms with Crippen molar-refractivity contribution in [3.8, 4) is 11.6 Å². The van der Waals surface area contributed by atoms with Crippen molar-refractivity contribution in [3.63, 3.8) is 0 Å². The molecule has 1 aliphatic heterocycles. The highest BCUT2D eigenvalue weighted by Crippen LogP contribution is 2.53. The molecule has 2 aliphatic carbocycles. The molecule has 0 radical (unpaired) electrons. The Bertz CT molecular complexity index is 2060. The van der Waals surface area contributed by atoms with E-state index in [0.29, 0.717) is 34.4 Å². The second-order valence-electron chi connectivity index (χ2n) is 14.5. The number of anilines is 1. The van der Waals surface area contributed by atoms with Gasteiger partial charge in [0.1, 0.15) is 23.4 Å². The fourth-order valence-corrected chi connectivity index (χ4v) is 8.34. The number of imide groups is 1. The third kappa shape index (κ3) is 7.30. The number of amides is 3. The Balaban J connectivity index is 1.31. The van der Waals surface area contributed by atoms with Crippen LogP contribution in [0.5, 0.6) is 11.6 Å². The first-order chi connectivity index (χ1) is 24.5. The zero-order valence-corrected chi connectivity index (χ0v) is 30.6. The van der Waals surface area contributed by atoms with E-state index in [1.165, 1.54) is 19.4 Å². The zero-order chi connectivity index (χ0) is 37.7. The number of hydrogen-bond acceptors (Lipinski definition) is 10. The van der Waals surface area contributed by atoms with Crippen LogP contribution in [0.3, 0.4) is 0 Å². The van der Waals surface area contributed by atoms with E-state index in [1.54, 1.807) is 49.9 Å². The van der Waals surface area contributed by atoms with Crippen LogP contribution >= 0.6 is 11.6 Å². The molecule has 52 heavy (non-hydrogen) atoms. The minimum Gasteiger partial charge on any atom is -0.494 e. The van der Waals surface area contributed by atoms with Crippen molar-refractivity contribution in [1.29, 1.82) is 0 Å². The van der Waals surface area contributed by atoms with Crippen LogP contribution in [0.2, 0.25) is 5.02 Å². The maximum Gasteiger partial charge on any atom is 0.254 e. The number of fused-ring (bicyclic) bond motifs is 1. The zero-order valence-electron chi connectivity index (χ0n) is 29.0. The molecule has 1 saturated heterocycles. The minimum atomic E-state index is -3.95. The molecule has 6 rings (SSSR count). The summed E-state index contributed by atoms with van der Waals surface area (Å²) >= 11 is 6.32. The summed E-state index contributed by atoms with van der Waals surface area (Å²) in [6.07, 6.45) is 3.30. The fourth-order valence-electron chi connectivity index (χ4n) is 6.81. The van der Waals surface area contributed by atoms with E-state index in [0.717, 1.165) is 12.1 Å². The van der Waals surface area contributed by atoms with Crippen molar-refractivity contribution in [2.45, 2.75) is 75.4 Å². The Morgan fingerprint density at radius 2 is 1.85 bits per heavy atom. The number of sulfonamides is 1. The molecular weight excluding hydrogens is 720 g/mol. The Morgan fingerprint density at radius 3 is 2.46 bits per heavy atom. The van der Waals surface area contributed by atoms with Gasteiger partial charge in [-0.15, -0.1) is 6.58 Å². The molecule has 12 nitrogen and oxygen atoms in total. The number of halogens is 3. The third-order valence-corrected chi connectivity index (χ3v) is 11.9. The van der Waals surface area contributed by atoms with Crippen LogP contribution in [0.25, 0.3) is 10.8 Å². The molecule has 0 unspecified atom stereocenters. The van der Waals surface area contributed by atoms with Gasteiger partial charge in [0.2, 0.25) is 27.7 Å². The van der Waals surface area contributed by atoms with Gasteiger partial charge in [-0.2, -0.15) is 0 Å². The lowest BCUT2D eigenvalue weighted by Crippen LogP contribution is -2.59. The summed E-state index contributed by atoms with van der Waals surface area (Å²) in [7, 11) is -2.44. The summed E-state index contributed by atoms with van der Waals surface area (Å²) < 4.78 is 67.6. The number of carbonyl (C=O) groups excluding carboxylic acids is 3. The lowest BCUT2D eigenvalue weighted by atomic mass is 9.85. The predicted octanol–water partition coefficient (Wildman–Crippen LogP) is 4.72. The van der Waals surface area contributed by atoms with E-state index >= 15 is 0 Å². The molecule has 5 atom stereocenters. The molecule has 16 heteroatoms. The van der Waals surface area contributed by atoms with Gasteiger partial charge in [0, 0.05) is 46.4 Å². The van der Waals surface area contributed by atoms with E-state index < -0.39 is 79.7 Å². The summed E-state index contributed by atoms with van der Waals surface area (Å²) in [5.74, 6) is -4.32. The summed E-state index contributed by atoms with van der Waals surface area (Å²) in [5, 5.41) is 6.32. The number of rotatable bonds is 12. The lowest BCUT2D eigenvalue weighted by Gasteiger charge is -2.34. The van der Waals surface area contributed by atoms with E-state index in [-0.39, 0.29) is 31.0 Å². The first-order valence-corrected chi connectivity index (χ1v) is 18.7. The average molecular weight is 760 g/mol. The highest BCUT2D eigenvalue weighted by atomic mass is 35.5. The normalized spacial score (nSPS) is 23.8. The van der Waals surface area contributed by atoms with Gasteiger partial charge in [0.25, 0.3) is 5.91 Å². The molecule has 3 fully saturated rings. The van der Waals surface area contributed by atoms with Gasteiger partial charge in [-0.25, -0.2) is 22.2 Å². The number of aromatic nitrogens is 1. The molecule has 1 aromatic heterocycles. The number of nitrogens with one attached hydrogen (secondary N) is 3. The first-order valence-electron chi connectivity index (χ1n) is 16.8. The molecule has 3 amide bonds. The topological polar surface area (TPSA) is 156 Å². The van der Waals surface area contributed by atoms with Crippen molar-refractivity contribution in [2.75, 3.05) is 19.0 Å². The standard InChI is InChI=1S/C36H40ClF2N5O7S/c1-6-19-16-36(19,34(47)43-52(48,49)23-9-10-23)44-18-22(51-33-25-13-20(37)7-11-24(25)29(50-5)17-40-33)15-28(44)31(45)42-32(46)30(35(2,3)4)41-21-8-12-26(38)27(39)14-21/h6-8,11-14,17,19,22-23,28,30,41H,1,9-10,15-16,18H2,2-5H3,(H,43,47)(H,42,45,46)/t19-,22-,28+,30-,36-/m1/s1. The van der Waals surface area contributed by atoms with Crippen LogP contribution in [0.1, 0.15) is 46.5 Å². The third-order valence-electron chi connectivity index (χ3n) is 9.82. The maximum atomic E-state index is 14.2. The highest BCUT2D eigenvalue weighted by Gasteiger charge is 2.67. The summed E-state index contributed by atoms with van der Waals surface area (Å²) in [6.45, 7) is 9.03. The largest absolute Gasteiger partial charge is 0.494 e. The van der Waals surface area contributed by atoms with Crippen LogP contribution in [-0.4, -0.2) is 78.7 Å². The number of hydrogen-bond donors (Lipinski definition) is 3. The number of pyridine rings is 1. The number of methoxy groups -OCH3 is 1. The number of likely N-dealkylation sites (tertiary alicyclic amines) is 1. The molecule has 3 aliphatic rings. The first kappa shape index (κ1) is 37.4. The van der Waals surface area contributed by atoms with Crippen LogP contribution in [0.15, 0.2) is 55.3 Å². The monoisotopic (exact) mass is 759 g/mol. The van der Waals surface area contributed by atoms with E-state index in [9.17, 15) is 31.6 Å². The summed E-state index contributed by atoms with van der Waals surface area (Å²) in [6, 6.07) is 5.98. The molecule has 278 valence electrons. The highest BCUT2D eigenvalue weighted by molar-refractivity contribution is 7.91. The van der Waals surface area contributed by atoms with E-state index in [1.807, 2.05) is 0 Å². The lowest BCUT2D eigenvalue weighted by molar-refractivity contribution is -0.136. The van der Waals surface area contributed by atoms with E-state index in [4.69, 9.17) is 21.1 Å². The Kier molecular flexibility index (Phi) is 10.0. The van der Waals surface area contributed by atoms with Crippen molar-refractivity contribution in [2.24, 2.45) is 11.3 Å². The van der Waals surface area contributed by atoms with Crippen molar-refractivity contribution in [3.05, 3.63) is 71.9 Å². The minimum absolute atomic E-state index is 0.0140. The molecule has 2 aromatic carbocycles. The van der Waals surface area contributed by atoms with Crippen molar-refractivity contribution in [1.82, 2.24) is 19.9 Å². The van der Waals surface area contributed by atoms with Crippen LogP contribution < -0.4 is 24.8 Å². The molecular formula is C36H40ClF2N5O7S. The maximum absolute atomic E-state index is 14.2. The summed E-state index contributed by atoms with van der Waals surface area (Å²) in [5.41, 5.74) is -2.17. The molecule has 2 saturated carbocycles. The van der Waals surface area contributed by atoms with Crippen molar-refractivity contribution >= 4 is 55.8 Å². The van der Waals surface area contributed by atoms with Gasteiger partial charge in [-0.3, -0.25) is 29.3 Å².